The summed E-state index contributed by atoms with van der Waals surface area (Å²) in [4.78, 5) is 10.1. The number of amidine groups is 2. The second-order valence-corrected chi connectivity index (χ2v) is 22.4. The van der Waals surface area contributed by atoms with E-state index in [9.17, 15) is 5.41 Å². The van der Waals surface area contributed by atoms with Gasteiger partial charge in [-0.05, 0) is 102 Å². The summed E-state index contributed by atoms with van der Waals surface area (Å²) in [6.07, 6.45) is 1.83. The van der Waals surface area contributed by atoms with E-state index in [4.69, 9.17) is 9.98 Å². The molecule has 0 aliphatic rings. The molecule has 0 aliphatic heterocycles. The van der Waals surface area contributed by atoms with E-state index < -0.39 is 0 Å². The van der Waals surface area contributed by atoms with Crippen LogP contribution < -0.4 is 0 Å². The predicted octanol–water partition coefficient (Wildman–Crippen LogP) is 18.2. The third kappa shape index (κ3) is 10.0. The van der Waals surface area contributed by atoms with Gasteiger partial charge in [-0.3, -0.25) is 5.41 Å². The maximum absolute atomic E-state index is 10.0. The van der Waals surface area contributed by atoms with Gasteiger partial charge in [-0.15, -0.1) is 0 Å². The molecule has 0 unspecified atom stereocenters. The quantitative estimate of drug-likeness (QED) is 0.117. The fraction of sp³-hybridized carbons (Fsp3) is 0.174. The Bertz CT molecular complexity index is 3570. The van der Waals surface area contributed by atoms with Gasteiger partial charge in [0.05, 0.1) is 16.7 Å². The Balaban J connectivity index is 1.33. The highest BCUT2D eigenvalue weighted by Gasteiger charge is 2.30. The van der Waals surface area contributed by atoms with Crippen LogP contribution in [0.3, 0.4) is 0 Å². The zero-order chi connectivity index (χ0) is 51.1. The Morgan fingerprint density at radius 2 is 0.877 bits per heavy atom. The van der Waals surface area contributed by atoms with E-state index in [0.29, 0.717) is 11.4 Å². The summed E-state index contributed by atoms with van der Waals surface area (Å²) in [6.45, 7) is 20.9. The van der Waals surface area contributed by atoms with Crippen LogP contribution >= 0.6 is 0 Å². The van der Waals surface area contributed by atoms with Crippen molar-refractivity contribution < 1.29 is 0 Å². The summed E-state index contributed by atoms with van der Waals surface area (Å²) in [5.41, 5.74) is 18.0. The van der Waals surface area contributed by atoms with Crippen molar-refractivity contribution in [2.45, 2.75) is 78.6 Å². The lowest BCUT2D eigenvalue weighted by atomic mass is 9.79. The van der Waals surface area contributed by atoms with E-state index in [1.54, 1.807) is 0 Å². The van der Waals surface area contributed by atoms with E-state index in [0.717, 1.165) is 66.8 Å². The Labute approximate surface area is 432 Å². The molecule has 0 amide bonds. The van der Waals surface area contributed by atoms with Crippen molar-refractivity contribution in [2.24, 2.45) is 9.98 Å². The van der Waals surface area contributed by atoms with Crippen molar-refractivity contribution in [3.05, 3.63) is 246 Å². The van der Waals surface area contributed by atoms with Gasteiger partial charge in [0.15, 0.2) is 11.7 Å². The molecule has 0 saturated carbocycles. The molecule has 9 aromatic carbocycles. The lowest BCUT2D eigenvalue weighted by Gasteiger charge is -2.28. The second-order valence-electron chi connectivity index (χ2n) is 22.4. The summed E-state index contributed by atoms with van der Waals surface area (Å²) in [5.74, 6) is 0.574. The minimum Gasteiger partial charge on any atom is -0.308 e. The number of rotatable bonds is 8. The molecule has 1 heterocycles. The topological polar surface area (TPSA) is 53.5 Å². The first-order valence-electron chi connectivity index (χ1n) is 25.5. The molecule has 0 radical (unpaired) electrons. The second kappa shape index (κ2) is 19.4. The normalized spacial score (nSPS) is 12.5. The van der Waals surface area contributed by atoms with Crippen LogP contribution in [0.1, 0.15) is 95.7 Å². The molecule has 0 spiro atoms. The van der Waals surface area contributed by atoms with Crippen molar-refractivity contribution in [2.75, 3.05) is 0 Å². The molecule has 1 N–H and O–H groups in total. The number of hydrogen-bond donors (Lipinski definition) is 1. The van der Waals surface area contributed by atoms with Crippen molar-refractivity contribution in [1.82, 2.24) is 4.57 Å². The number of fused-ring (bicyclic) bond motifs is 3. The lowest BCUT2D eigenvalue weighted by molar-refractivity contribution is 0.572. The van der Waals surface area contributed by atoms with Crippen molar-refractivity contribution >= 4 is 39.7 Å². The van der Waals surface area contributed by atoms with Gasteiger partial charge < -0.3 is 4.57 Å². The van der Waals surface area contributed by atoms with Gasteiger partial charge in [0, 0.05) is 39.2 Å². The van der Waals surface area contributed by atoms with Crippen LogP contribution in [0.5, 0.6) is 0 Å². The highest BCUT2D eigenvalue weighted by Crippen LogP contribution is 2.47. The summed E-state index contributed by atoms with van der Waals surface area (Å²) in [5, 5.41) is 12.5. The summed E-state index contributed by atoms with van der Waals surface area (Å²) in [7, 11) is 0. The number of aliphatic imine (C=N–C) groups is 2. The SMILES string of the molecule is CC(C)(C)c1ccc2c(c1)c1cc(C(C)(C)C)cc(C(C)(C)C)c1n2-c1c(-c2ccc(-c3ccccc3)cc2)cc(C(=N)/N=C(\N=C\c2ccccc2)c2ccccc2)cc1-c1ccc(-c2ccccc2)cc1. The molecule has 0 bridgehead atoms. The van der Waals surface area contributed by atoms with Crippen molar-refractivity contribution in [3.63, 3.8) is 0 Å². The molecule has 0 saturated heterocycles. The van der Waals surface area contributed by atoms with Gasteiger partial charge in [-0.1, -0.05) is 244 Å². The monoisotopic (exact) mass is 949 g/mol. The molecule has 0 atom stereocenters. The molecule has 10 aromatic rings. The maximum atomic E-state index is 10.0. The molecule has 360 valence electrons. The van der Waals surface area contributed by atoms with Gasteiger partial charge in [0.1, 0.15) is 0 Å². The predicted molar refractivity (Wildman–Crippen MR) is 312 cm³/mol. The van der Waals surface area contributed by atoms with Crippen molar-refractivity contribution in [3.8, 4) is 50.2 Å². The maximum Gasteiger partial charge on any atom is 0.161 e. The van der Waals surface area contributed by atoms with Crippen LogP contribution in [0.2, 0.25) is 0 Å². The molecule has 10 rings (SSSR count). The first-order chi connectivity index (χ1) is 35.0. The molecule has 4 nitrogen and oxygen atoms in total. The molecule has 0 fully saturated rings. The molecular weight excluding hydrogens is 885 g/mol. The van der Waals surface area contributed by atoms with Crippen LogP contribution in [0.15, 0.2) is 222 Å². The summed E-state index contributed by atoms with van der Waals surface area (Å²) >= 11 is 0. The number of benzene rings is 9. The average molecular weight is 949 g/mol. The zero-order valence-corrected chi connectivity index (χ0v) is 43.6. The molecule has 4 heteroatoms. The lowest BCUT2D eigenvalue weighted by Crippen LogP contribution is -2.18. The zero-order valence-electron chi connectivity index (χ0n) is 43.6. The highest BCUT2D eigenvalue weighted by molar-refractivity contribution is 6.16. The van der Waals surface area contributed by atoms with Gasteiger partial charge in [0.25, 0.3) is 0 Å². The summed E-state index contributed by atoms with van der Waals surface area (Å²) in [6, 6.07) is 75.4. The Hall–Kier alpha value is -8.21. The van der Waals surface area contributed by atoms with Crippen molar-refractivity contribution in [1.29, 1.82) is 5.41 Å². The van der Waals surface area contributed by atoms with Crippen LogP contribution in [0.25, 0.3) is 72.0 Å². The molecule has 0 aliphatic carbocycles. The largest absolute Gasteiger partial charge is 0.308 e. The Kier molecular flexibility index (Phi) is 12.9. The third-order valence-corrected chi connectivity index (χ3v) is 14.0. The highest BCUT2D eigenvalue weighted by atomic mass is 15.0. The molecule has 1 aromatic heterocycles. The van der Waals surface area contributed by atoms with Crippen LogP contribution in [0.4, 0.5) is 0 Å². The van der Waals surface area contributed by atoms with E-state index >= 15 is 0 Å². The summed E-state index contributed by atoms with van der Waals surface area (Å²) < 4.78 is 2.56. The number of hydrogen-bond acceptors (Lipinski definition) is 1. The molecule has 73 heavy (non-hydrogen) atoms. The minimum absolute atomic E-state index is 0.0688. The van der Waals surface area contributed by atoms with Gasteiger partial charge in [-0.25, -0.2) is 9.98 Å². The number of nitrogens with zero attached hydrogens (tertiary/aromatic N) is 3. The smallest absolute Gasteiger partial charge is 0.161 e. The first kappa shape index (κ1) is 48.4. The van der Waals surface area contributed by atoms with E-state index in [-0.39, 0.29) is 22.1 Å². The number of nitrogens with one attached hydrogen (secondary N) is 1. The van der Waals surface area contributed by atoms with Crippen LogP contribution in [-0.2, 0) is 16.2 Å². The van der Waals surface area contributed by atoms with Gasteiger partial charge in [0.2, 0.25) is 0 Å². The van der Waals surface area contributed by atoms with E-state index in [2.05, 4.69) is 219 Å². The average Bonchev–Trinajstić information content (AvgIpc) is 3.73. The fourth-order valence-electron chi connectivity index (χ4n) is 9.85. The minimum atomic E-state index is -0.224. The molecular formula is C69H64N4. The van der Waals surface area contributed by atoms with E-state index in [1.807, 2.05) is 66.9 Å². The number of aromatic nitrogens is 1. The van der Waals surface area contributed by atoms with Gasteiger partial charge in [-0.2, -0.15) is 0 Å². The van der Waals surface area contributed by atoms with Crippen LogP contribution in [-0.4, -0.2) is 22.5 Å². The Morgan fingerprint density at radius 3 is 1.37 bits per heavy atom. The standard InChI is InChI=1S/C69H64N4/c1-67(2,3)55-38-39-62-59(42-55)60-43-56(68(4,5)6)44-61(69(7,8)9)64(60)73(62)63-57(51-34-30-49(31-35-51)47-24-16-11-17-25-47)40-54(41-58(63)52-36-32-50(33-37-52)48-26-18-12-19-27-48)65(70)72-66(53-28-20-13-21-29-53)71-45-46-22-14-10-15-23-46/h10-45,70H,1-9H3/b70-65?,71-45+,72-66-. The van der Waals surface area contributed by atoms with E-state index in [1.165, 1.54) is 33.0 Å². The first-order valence-corrected chi connectivity index (χ1v) is 25.5. The Morgan fingerprint density at radius 1 is 0.425 bits per heavy atom. The van der Waals surface area contributed by atoms with Crippen LogP contribution in [0, 0.1) is 5.41 Å². The van der Waals surface area contributed by atoms with Gasteiger partial charge >= 0.3 is 0 Å². The third-order valence-electron chi connectivity index (χ3n) is 14.0. The fourth-order valence-corrected chi connectivity index (χ4v) is 9.85.